The number of carboxylic acid groups (broad SMARTS) is 1. The summed E-state index contributed by atoms with van der Waals surface area (Å²) in [7, 11) is 0. The van der Waals surface area contributed by atoms with Crippen molar-refractivity contribution in [2.24, 2.45) is 29.1 Å². The molecule has 2 rings (SSSR count). The second kappa shape index (κ2) is 7.74. The SMILES string of the molecule is C/C=C(/C)[C@@H]1C(C)=C[C@H]2C(O)CC[C@H](C)[C@@]2(C)[C@@H]1/C=C/C=C/C(=O)O. The van der Waals surface area contributed by atoms with Gasteiger partial charge in [-0.3, -0.25) is 0 Å². The fourth-order valence-electron chi connectivity index (χ4n) is 4.99. The molecule has 3 heteroatoms. The first-order chi connectivity index (χ1) is 11.7. The minimum Gasteiger partial charge on any atom is -0.478 e. The first kappa shape index (κ1) is 19.7. The lowest BCUT2D eigenvalue weighted by Gasteiger charge is -2.56. The minimum atomic E-state index is -0.934. The zero-order valence-electron chi connectivity index (χ0n) is 16.1. The van der Waals surface area contributed by atoms with Crippen molar-refractivity contribution >= 4 is 5.97 Å². The van der Waals surface area contributed by atoms with Gasteiger partial charge in [-0.05, 0) is 50.9 Å². The molecule has 1 unspecified atom stereocenters. The van der Waals surface area contributed by atoms with Crippen molar-refractivity contribution in [1.29, 1.82) is 0 Å². The quantitative estimate of drug-likeness (QED) is 0.439. The standard InChI is InChI=1S/C22H32O3/c1-6-14(2)21-15(3)13-18-19(23)12-11-16(4)22(18,5)17(21)9-7-8-10-20(24)25/h6-10,13,16-19,21,23H,11-12H2,1-5H3,(H,24,25)/b9-7+,10-8+,14-6-/t16-,17+,18-,19?,21+,22-/m0/s1. The number of aliphatic hydroxyl groups excluding tert-OH is 1. The lowest BCUT2D eigenvalue weighted by molar-refractivity contribution is -0.131. The molecule has 25 heavy (non-hydrogen) atoms. The predicted octanol–water partition coefficient (Wildman–Crippen LogP) is 4.76. The maximum Gasteiger partial charge on any atom is 0.328 e. The molecule has 0 radical (unpaired) electrons. The summed E-state index contributed by atoms with van der Waals surface area (Å²) in [6.07, 6.45) is 12.8. The molecular formula is C22H32O3. The van der Waals surface area contributed by atoms with Crippen molar-refractivity contribution in [1.82, 2.24) is 0 Å². The maximum absolute atomic E-state index is 10.7. The molecule has 0 bridgehead atoms. The highest BCUT2D eigenvalue weighted by Crippen LogP contribution is 2.58. The number of aliphatic hydroxyl groups is 1. The van der Waals surface area contributed by atoms with Crippen LogP contribution in [0.3, 0.4) is 0 Å². The van der Waals surface area contributed by atoms with E-state index >= 15 is 0 Å². The average molecular weight is 344 g/mol. The normalized spacial score (nSPS) is 39.5. The zero-order valence-corrected chi connectivity index (χ0v) is 16.1. The molecule has 6 atom stereocenters. The second-order valence-electron chi connectivity index (χ2n) is 7.97. The highest BCUT2D eigenvalue weighted by atomic mass is 16.4. The molecule has 0 heterocycles. The van der Waals surface area contributed by atoms with E-state index in [0.717, 1.165) is 12.8 Å². The number of rotatable bonds is 4. The lowest BCUT2D eigenvalue weighted by Crippen LogP contribution is -2.53. The van der Waals surface area contributed by atoms with Gasteiger partial charge in [-0.2, -0.15) is 0 Å². The van der Waals surface area contributed by atoms with Gasteiger partial charge in [0, 0.05) is 17.9 Å². The Labute approximate surface area is 151 Å². The summed E-state index contributed by atoms with van der Waals surface area (Å²) in [5, 5.41) is 19.5. The van der Waals surface area contributed by atoms with Crippen LogP contribution in [0.15, 0.2) is 47.6 Å². The largest absolute Gasteiger partial charge is 0.478 e. The van der Waals surface area contributed by atoms with Gasteiger partial charge in [-0.25, -0.2) is 4.79 Å². The van der Waals surface area contributed by atoms with Crippen LogP contribution in [-0.4, -0.2) is 22.3 Å². The van der Waals surface area contributed by atoms with E-state index in [1.54, 1.807) is 6.08 Å². The monoisotopic (exact) mass is 344 g/mol. The van der Waals surface area contributed by atoms with Crippen molar-refractivity contribution in [3.8, 4) is 0 Å². The summed E-state index contributed by atoms with van der Waals surface area (Å²) in [4.78, 5) is 10.7. The number of allylic oxidation sites excluding steroid dienone is 6. The number of carbonyl (C=O) groups is 1. The van der Waals surface area contributed by atoms with E-state index in [4.69, 9.17) is 5.11 Å². The van der Waals surface area contributed by atoms with Crippen LogP contribution in [0.4, 0.5) is 0 Å². The molecule has 1 fully saturated rings. The molecule has 0 saturated heterocycles. The van der Waals surface area contributed by atoms with Gasteiger partial charge in [0.15, 0.2) is 0 Å². The van der Waals surface area contributed by atoms with E-state index in [1.807, 2.05) is 6.08 Å². The van der Waals surface area contributed by atoms with Gasteiger partial charge < -0.3 is 10.2 Å². The Kier molecular flexibility index (Phi) is 6.10. The Morgan fingerprint density at radius 3 is 2.60 bits per heavy atom. The molecule has 3 nitrogen and oxygen atoms in total. The third-order valence-corrected chi connectivity index (χ3v) is 6.71. The third kappa shape index (κ3) is 3.67. The van der Waals surface area contributed by atoms with Crippen LogP contribution in [0.1, 0.15) is 47.5 Å². The molecule has 2 aliphatic carbocycles. The smallest absolute Gasteiger partial charge is 0.328 e. The first-order valence-electron chi connectivity index (χ1n) is 9.30. The van der Waals surface area contributed by atoms with Gasteiger partial charge in [0.25, 0.3) is 0 Å². The summed E-state index contributed by atoms with van der Waals surface area (Å²) in [6, 6.07) is 0. The summed E-state index contributed by atoms with van der Waals surface area (Å²) in [5.41, 5.74) is 2.60. The van der Waals surface area contributed by atoms with Gasteiger partial charge in [0.2, 0.25) is 0 Å². The van der Waals surface area contributed by atoms with Crippen LogP contribution in [0.25, 0.3) is 0 Å². The van der Waals surface area contributed by atoms with E-state index in [9.17, 15) is 9.90 Å². The summed E-state index contributed by atoms with van der Waals surface area (Å²) in [6.45, 7) is 11.0. The predicted molar refractivity (Wildman–Crippen MR) is 102 cm³/mol. The Morgan fingerprint density at radius 1 is 1.32 bits per heavy atom. The van der Waals surface area contributed by atoms with Gasteiger partial charge in [0.1, 0.15) is 0 Å². The molecule has 0 aliphatic heterocycles. The Bertz CT molecular complexity index is 625. The molecular weight excluding hydrogens is 312 g/mol. The van der Waals surface area contributed by atoms with Gasteiger partial charge in [-0.1, -0.05) is 55.4 Å². The van der Waals surface area contributed by atoms with Crippen molar-refractivity contribution in [3.63, 3.8) is 0 Å². The molecule has 1 saturated carbocycles. The van der Waals surface area contributed by atoms with Crippen LogP contribution in [0.5, 0.6) is 0 Å². The molecule has 2 N–H and O–H groups in total. The van der Waals surface area contributed by atoms with Crippen LogP contribution in [-0.2, 0) is 4.79 Å². The fraction of sp³-hybridized carbons (Fsp3) is 0.591. The van der Waals surface area contributed by atoms with E-state index in [-0.39, 0.29) is 23.4 Å². The maximum atomic E-state index is 10.7. The topological polar surface area (TPSA) is 57.5 Å². The summed E-state index contributed by atoms with van der Waals surface area (Å²) in [5.74, 6) is 0.248. The van der Waals surface area contributed by atoms with E-state index in [2.05, 4.69) is 52.8 Å². The average Bonchev–Trinajstić information content (AvgIpc) is 2.56. The van der Waals surface area contributed by atoms with Gasteiger partial charge in [-0.15, -0.1) is 0 Å². The van der Waals surface area contributed by atoms with Crippen molar-refractivity contribution in [2.75, 3.05) is 0 Å². The number of hydrogen-bond acceptors (Lipinski definition) is 2. The molecule has 0 aromatic rings. The Morgan fingerprint density at radius 2 is 2.00 bits per heavy atom. The number of aliphatic carboxylic acids is 1. The molecule has 0 amide bonds. The van der Waals surface area contributed by atoms with Gasteiger partial charge >= 0.3 is 5.97 Å². The molecule has 0 aromatic carbocycles. The van der Waals surface area contributed by atoms with Crippen LogP contribution >= 0.6 is 0 Å². The van der Waals surface area contributed by atoms with Crippen LogP contribution in [0.2, 0.25) is 0 Å². The van der Waals surface area contributed by atoms with Crippen molar-refractivity contribution < 1.29 is 15.0 Å². The summed E-state index contributed by atoms with van der Waals surface area (Å²) >= 11 is 0. The number of carboxylic acids is 1. The number of hydrogen-bond donors (Lipinski definition) is 2. The van der Waals surface area contributed by atoms with Crippen LogP contribution in [0, 0.1) is 29.1 Å². The Balaban J connectivity index is 2.53. The first-order valence-corrected chi connectivity index (χ1v) is 9.30. The van der Waals surface area contributed by atoms with E-state index in [0.29, 0.717) is 11.8 Å². The van der Waals surface area contributed by atoms with E-state index < -0.39 is 5.97 Å². The molecule has 0 spiro atoms. The number of fused-ring (bicyclic) bond motifs is 1. The Hall–Kier alpha value is -1.61. The van der Waals surface area contributed by atoms with Crippen molar-refractivity contribution in [3.05, 3.63) is 47.6 Å². The highest BCUT2D eigenvalue weighted by Gasteiger charge is 2.53. The van der Waals surface area contributed by atoms with E-state index in [1.165, 1.54) is 17.2 Å². The molecule has 138 valence electrons. The van der Waals surface area contributed by atoms with Gasteiger partial charge in [0.05, 0.1) is 6.10 Å². The summed E-state index contributed by atoms with van der Waals surface area (Å²) < 4.78 is 0. The molecule has 2 aliphatic rings. The van der Waals surface area contributed by atoms with Crippen molar-refractivity contribution in [2.45, 2.75) is 53.6 Å². The second-order valence-corrected chi connectivity index (χ2v) is 7.97. The highest BCUT2D eigenvalue weighted by molar-refractivity contribution is 5.80. The van der Waals surface area contributed by atoms with Crippen LogP contribution < -0.4 is 0 Å². The zero-order chi connectivity index (χ0) is 18.8. The molecule has 0 aromatic heterocycles. The lowest BCUT2D eigenvalue weighted by atomic mass is 9.48. The fourth-order valence-corrected chi connectivity index (χ4v) is 4.99. The minimum absolute atomic E-state index is 0.0420. The third-order valence-electron chi connectivity index (χ3n) is 6.71.